The summed E-state index contributed by atoms with van der Waals surface area (Å²) in [5, 5.41) is 13.6. The number of aromatic nitrogens is 3. The molecular formula is C20H19N5O5. The highest BCUT2D eigenvalue weighted by molar-refractivity contribution is 6.12. The van der Waals surface area contributed by atoms with Gasteiger partial charge in [0.05, 0.1) is 15.9 Å². The first-order valence-electron chi connectivity index (χ1n) is 9.62. The zero-order valence-electron chi connectivity index (χ0n) is 16.2. The maximum atomic E-state index is 13.1. The van der Waals surface area contributed by atoms with Crippen molar-refractivity contribution in [2.75, 3.05) is 5.32 Å². The lowest BCUT2D eigenvalue weighted by atomic mass is 10.1. The van der Waals surface area contributed by atoms with E-state index < -0.39 is 22.1 Å². The quantitative estimate of drug-likeness (QED) is 0.473. The Morgan fingerprint density at radius 1 is 1.33 bits per heavy atom. The second-order valence-electron chi connectivity index (χ2n) is 7.24. The van der Waals surface area contributed by atoms with Crippen molar-refractivity contribution in [3.05, 3.63) is 72.5 Å². The Balaban J connectivity index is 1.87. The molecule has 0 atom stereocenters. The Labute approximate surface area is 169 Å². The number of nitrogens with one attached hydrogen (secondary N) is 2. The summed E-state index contributed by atoms with van der Waals surface area (Å²) in [6.45, 7) is 2.24. The summed E-state index contributed by atoms with van der Waals surface area (Å²) < 4.78 is 1.37. The third kappa shape index (κ3) is 3.59. The lowest BCUT2D eigenvalue weighted by Gasteiger charge is -2.13. The molecule has 0 aliphatic heterocycles. The second kappa shape index (κ2) is 7.54. The Hall–Kier alpha value is -3.82. The number of nitro groups is 1. The van der Waals surface area contributed by atoms with E-state index in [1.807, 2.05) is 6.92 Å². The number of amides is 1. The van der Waals surface area contributed by atoms with Gasteiger partial charge in [-0.05, 0) is 31.4 Å². The molecule has 0 saturated heterocycles. The average molecular weight is 409 g/mol. The van der Waals surface area contributed by atoms with Crippen LogP contribution in [-0.2, 0) is 6.54 Å². The molecule has 2 heterocycles. The highest BCUT2D eigenvalue weighted by Crippen LogP contribution is 2.40. The predicted molar refractivity (Wildman–Crippen MR) is 110 cm³/mol. The van der Waals surface area contributed by atoms with Crippen molar-refractivity contribution in [1.29, 1.82) is 0 Å². The van der Waals surface area contributed by atoms with Gasteiger partial charge in [0.15, 0.2) is 5.65 Å². The van der Waals surface area contributed by atoms with Crippen molar-refractivity contribution in [1.82, 2.24) is 14.5 Å². The van der Waals surface area contributed by atoms with Gasteiger partial charge in [0.1, 0.15) is 0 Å². The van der Waals surface area contributed by atoms with Gasteiger partial charge in [0, 0.05) is 36.0 Å². The summed E-state index contributed by atoms with van der Waals surface area (Å²) in [5.74, 6) is -0.416. The molecular weight excluding hydrogens is 390 g/mol. The van der Waals surface area contributed by atoms with Crippen LogP contribution in [0.5, 0.6) is 0 Å². The number of nitrogens with zero attached hydrogens (tertiary/aromatic N) is 3. The Morgan fingerprint density at radius 3 is 2.77 bits per heavy atom. The summed E-state index contributed by atoms with van der Waals surface area (Å²) in [6, 6.07) is 7.10. The van der Waals surface area contributed by atoms with E-state index in [1.165, 1.54) is 28.8 Å². The van der Waals surface area contributed by atoms with Gasteiger partial charge in [-0.15, -0.1) is 0 Å². The first-order valence-corrected chi connectivity index (χ1v) is 9.62. The number of hydrogen-bond acceptors (Lipinski definition) is 6. The number of rotatable bonds is 6. The summed E-state index contributed by atoms with van der Waals surface area (Å²) in [5.41, 5.74) is -0.285. The largest absolute Gasteiger partial charge is 0.329 e. The summed E-state index contributed by atoms with van der Waals surface area (Å²) in [6.07, 6.45) is 2.49. The van der Waals surface area contributed by atoms with Gasteiger partial charge in [-0.3, -0.25) is 29.3 Å². The number of anilines is 1. The van der Waals surface area contributed by atoms with Crippen LogP contribution in [-0.4, -0.2) is 25.4 Å². The highest BCUT2D eigenvalue weighted by atomic mass is 16.6. The van der Waals surface area contributed by atoms with Gasteiger partial charge in [0.25, 0.3) is 17.2 Å². The normalized spacial score (nSPS) is 13.4. The molecule has 0 bridgehead atoms. The molecule has 1 fully saturated rings. The molecule has 2 N–H and O–H groups in total. The number of fused-ring (bicyclic) bond motifs is 1. The zero-order chi connectivity index (χ0) is 21.4. The SMILES string of the molecule is CCCn1c(=O)[nH]c(=O)c2c(C(=O)Nc3cccc([N+](=O)[O-])c3)cc(C3CC3)nc21. The number of aromatic amines is 1. The fourth-order valence-corrected chi connectivity index (χ4v) is 3.39. The highest BCUT2D eigenvalue weighted by Gasteiger charge is 2.28. The lowest BCUT2D eigenvalue weighted by Crippen LogP contribution is -2.32. The number of non-ortho nitro benzene ring substituents is 1. The van der Waals surface area contributed by atoms with Crippen molar-refractivity contribution in [3.63, 3.8) is 0 Å². The molecule has 1 amide bonds. The van der Waals surface area contributed by atoms with Crippen molar-refractivity contribution in [3.8, 4) is 0 Å². The number of hydrogen-bond donors (Lipinski definition) is 2. The van der Waals surface area contributed by atoms with E-state index in [-0.39, 0.29) is 33.9 Å². The number of benzene rings is 1. The Morgan fingerprint density at radius 2 is 2.10 bits per heavy atom. The standard InChI is InChI=1S/C20H19N5O5/c1-2-8-24-17-16(19(27)23-20(24)28)14(10-15(22-17)11-6-7-11)18(26)21-12-4-3-5-13(9-12)25(29)30/h3-5,9-11H,2,6-8H2,1H3,(H,21,26)(H,23,27,28). The molecule has 0 spiro atoms. The Kier molecular flexibility index (Phi) is 4.90. The summed E-state index contributed by atoms with van der Waals surface area (Å²) >= 11 is 0. The summed E-state index contributed by atoms with van der Waals surface area (Å²) in [7, 11) is 0. The smallest absolute Gasteiger partial charge is 0.322 e. The van der Waals surface area contributed by atoms with Crippen LogP contribution in [0.1, 0.15) is 48.2 Å². The van der Waals surface area contributed by atoms with E-state index in [0.717, 1.165) is 12.8 Å². The van der Waals surface area contributed by atoms with Gasteiger partial charge < -0.3 is 5.32 Å². The predicted octanol–water partition coefficient (Wildman–Crippen LogP) is 2.53. The fraction of sp³-hybridized carbons (Fsp3) is 0.300. The van der Waals surface area contributed by atoms with Crippen molar-refractivity contribution in [2.24, 2.45) is 0 Å². The van der Waals surface area contributed by atoms with Crippen LogP contribution in [0.25, 0.3) is 11.0 Å². The van der Waals surface area contributed by atoms with Crippen LogP contribution in [0.2, 0.25) is 0 Å². The molecule has 1 aromatic carbocycles. The van der Waals surface area contributed by atoms with E-state index in [9.17, 15) is 24.5 Å². The average Bonchev–Trinajstić information content (AvgIpc) is 3.55. The van der Waals surface area contributed by atoms with Gasteiger partial charge >= 0.3 is 5.69 Å². The maximum Gasteiger partial charge on any atom is 0.329 e. The minimum absolute atomic E-state index is 0.0235. The molecule has 10 heteroatoms. The number of carbonyl (C=O) groups excluding carboxylic acids is 1. The van der Waals surface area contributed by atoms with E-state index in [2.05, 4.69) is 15.3 Å². The third-order valence-electron chi connectivity index (χ3n) is 4.97. The van der Waals surface area contributed by atoms with E-state index in [0.29, 0.717) is 18.7 Å². The van der Waals surface area contributed by atoms with Crippen LogP contribution in [0.4, 0.5) is 11.4 Å². The van der Waals surface area contributed by atoms with E-state index >= 15 is 0 Å². The van der Waals surface area contributed by atoms with Crippen molar-refractivity contribution >= 4 is 28.3 Å². The van der Waals surface area contributed by atoms with Crippen LogP contribution in [0, 0.1) is 10.1 Å². The summed E-state index contributed by atoms with van der Waals surface area (Å²) in [4.78, 5) is 55.2. The minimum atomic E-state index is -0.693. The topological polar surface area (TPSA) is 140 Å². The second-order valence-corrected chi connectivity index (χ2v) is 7.24. The molecule has 3 aromatic rings. The minimum Gasteiger partial charge on any atom is -0.322 e. The number of pyridine rings is 1. The molecule has 0 radical (unpaired) electrons. The van der Waals surface area contributed by atoms with Gasteiger partial charge in [-0.2, -0.15) is 0 Å². The van der Waals surface area contributed by atoms with Gasteiger partial charge in [0.2, 0.25) is 0 Å². The van der Waals surface area contributed by atoms with E-state index in [4.69, 9.17) is 0 Å². The lowest BCUT2D eigenvalue weighted by molar-refractivity contribution is -0.384. The van der Waals surface area contributed by atoms with E-state index in [1.54, 1.807) is 6.07 Å². The van der Waals surface area contributed by atoms with Gasteiger partial charge in [-0.25, -0.2) is 9.78 Å². The monoisotopic (exact) mass is 409 g/mol. The van der Waals surface area contributed by atoms with Crippen LogP contribution in [0.3, 0.4) is 0 Å². The van der Waals surface area contributed by atoms with Crippen molar-refractivity contribution < 1.29 is 9.72 Å². The number of H-pyrrole nitrogens is 1. The van der Waals surface area contributed by atoms with Gasteiger partial charge in [-0.1, -0.05) is 13.0 Å². The molecule has 4 rings (SSSR count). The molecule has 154 valence electrons. The first kappa shape index (κ1) is 19.5. The van der Waals surface area contributed by atoms with Crippen LogP contribution in [0.15, 0.2) is 39.9 Å². The Bertz CT molecular complexity index is 1290. The van der Waals surface area contributed by atoms with Crippen LogP contribution >= 0.6 is 0 Å². The number of nitro benzene ring substituents is 1. The molecule has 2 aromatic heterocycles. The van der Waals surface area contributed by atoms with Crippen molar-refractivity contribution in [2.45, 2.75) is 38.6 Å². The first-order chi connectivity index (χ1) is 14.4. The molecule has 1 aliphatic rings. The number of carbonyl (C=O) groups is 1. The number of aryl methyl sites for hydroxylation is 1. The maximum absolute atomic E-state index is 13.1. The molecule has 0 unspecified atom stereocenters. The van der Waals surface area contributed by atoms with Crippen LogP contribution < -0.4 is 16.6 Å². The molecule has 1 aliphatic carbocycles. The molecule has 30 heavy (non-hydrogen) atoms. The zero-order valence-corrected chi connectivity index (χ0v) is 16.2. The molecule has 10 nitrogen and oxygen atoms in total. The third-order valence-corrected chi connectivity index (χ3v) is 4.97. The molecule has 1 saturated carbocycles. The fourth-order valence-electron chi connectivity index (χ4n) is 3.39.